The topological polar surface area (TPSA) is 98.8 Å². The van der Waals surface area contributed by atoms with E-state index in [4.69, 9.17) is 20.2 Å². The first kappa shape index (κ1) is 40.2. The molecule has 0 unspecified atom stereocenters. The summed E-state index contributed by atoms with van der Waals surface area (Å²) in [5.41, 5.74) is 0.648. The van der Waals surface area contributed by atoms with E-state index in [2.05, 4.69) is 53.2 Å². The molecule has 262 valence electrons. The fourth-order valence-corrected chi connectivity index (χ4v) is 8.12. The summed E-state index contributed by atoms with van der Waals surface area (Å²) >= 11 is 0. The average molecular weight is 700 g/mol. The molecule has 10 heteroatoms. The first-order chi connectivity index (χ1) is 21.5. The predicted octanol–water partition coefficient (Wildman–Crippen LogP) is 10.6. The zero-order valence-corrected chi connectivity index (χ0v) is 31.6. The van der Waals surface area contributed by atoms with Gasteiger partial charge in [0.25, 0.3) is 19.1 Å². The SMILES string of the molecule is CCCCCCCCOc1ccc(NS(=O)(=O)c2cc(C(C)(C)CC(C)(C)C)ccc2OCCCCCCCC)cc1S(=O)(=O)Cl. The van der Waals surface area contributed by atoms with Gasteiger partial charge < -0.3 is 9.47 Å². The van der Waals surface area contributed by atoms with E-state index in [0.717, 1.165) is 63.4 Å². The summed E-state index contributed by atoms with van der Waals surface area (Å²) in [4.78, 5) is -0.267. The number of sulfonamides is 1. The highest BCUT2D eigenvalue weighted by molar-refractivity contribution is 8.13. The second-order valence-electron chi connectivity index (χ2n) is 14.2. The molecular weight excluding hydrogens is 642 g/mol. The molecule has 0 heterocycles. The summed E-state index contributed by atoms with van der Waals surface area (Å²) in [6.45, 7) is 15.8. The average Bonchev–Trinajstić information content (AvgIpc) is 2.95. The number of nitrogens with one attached hydrogen (secondary N) is 1. The van der Waals surface area contributed by atoms with Crippen LogP contribution in [0.2, 0.25) is 0 Å². The number of hydrogen-bond acceptors (Lipinski definition) is 6. The second-order valence-corrected chi connectivity index (χ2v) is 18.4. The fourth-order valence-electron chi connectivity index (χ4n) is 5.91. The molecule has 7 nitrogen and oxygen atoms in total. The smallest absolute Gasteiger partial charge is 0.265 e. The summed E-state index contributed by atoms with van der Waals surface area (Å²) in [5, 5.41) is 0. The van der Waals surface area contributed by atoms with E-state index in [-0.39, 0.29) is 37.8 Å². The van der Waals surface area contributed by atoms with E-state index < -0.39 is 19.1 Å². The van der Waals surface area contributed by atoms with Gasteiger partial charge >= 0.3 is 0 Å². The van der Waals surface area contributed by atoms with Crippen molar-refractivity contribution in [3.8, 4) is 11.5 Å². The molecule has 0 bridgehead atoms. The van der Waals surface area contributed by atoms with Gasteiger partial charge in [-0.2, -0.15) is 0 Å². The van der Waals surface area contributed by atoms with E-state index >= 15 is 0 Å². The lowest BCUT2D eigenvalue weighted by Crippen LogP contribution is -2.25. The van der Waals surface area contributed by atoms with Gasteiger partial charge in [0.05, 0.1) is 18.9 Å². The number of unbranched alkanes of at least 4 members (excludes halogenated alkanes) is 10. The number of hydrogen-bond donors (Lipinski definition) is 1. The molecule has 0 saturated carbocycles. The molecule has 2 rings (SSSR count). The Hall–Kier alpha value is -1.97. The third kappa shape index (κ3) is 14.0. The van der Waals surface area contributed by atoms with Crippen LogP contribution in [0.25, 0.3) is 0 Å². The number of halogens is 1. The minimum Gasteiger partial charge on any atom is -0.492 e. The first-order valence-corrected chi connectivity index (χ1v) is 20.8. The molecule has 0 fully saturated rings. The van der Waals surface area contributed by atoms with Crippen LogP contribution in [0.4, 0.5) is 5.69 Å². The normalized spacial score (nSPS) is 12.7. The Kier molecular flexibility index (Phi) is 16.2. The maximum atomic E-state index is 14.0. The van der Waals surface area contributed by atoms with Crippen LogP contribution in [-0.4, -0.2) is 30.0 Å². The van der Waals surface area contributed by atoms with E-state index in [9.17, 15) is 16.8 Å². The van der Waals surface area contributed by atoms with Crippen molar-refractivity contribution in [1.29, 1.82) is 0 Å². The highest BCUT2D eigenvalue weighted by Gasteiger charge is 2.30. The first-order valence-electron chi connectivity index (χ1n) is 17.0. The van der Waals surface area contributed by atoms with Crippen molar-refractivity contribution in [3.05, 3.63) is 42.0 Å². The van der Waals surface area contributed by atoms with Crippen LogP contribution in [-0.2, 0) is 24.5 Å². The fraction of sp³-hybridized carbons (Fsp3) is 0.667. The van der Waals surface area contributed by atoms with Crippen LogP contribution in [0, 0.1) is 5.41 Å². The molecule has 0 aromatic heterocycles. The number of ether oxygens (including phenoxy) is 2. The van der Waals surface area contributed by atoms with Gasteiger partial charge in [0.1, 0.15) is 21.3 Å². The van der Waals surface area contributed by atoms with Crippen LogP contribution >= 0.6 is 10.7 Å². The summed E-state index contributed by atoms with van der Waals surface area (Å²) in [6, 6.07) is 9.50. The van der Waals surface area contributed by atoms with Crippen molar-refractivity contribution in [2.45, 2.75) is 147 Å². The van der Waals surface area contributed by atoms with Crippen LogP contribution in [0.15, 0.2) is 46.2 Å². The van der Waals surface area contributed by atoms with Gasteiger partial charge in [-0.1, -0.05) is 119 Å². The Bertz CT molecular complexity index is 1430. The van der Waals surface area contributed by atoms with Crippen molar-refractivity contribution in [1.82, 2.24) is 0 Å². The largest absolute Gasteiger partial charge is 0.492 e. The standard InChI is InChI=1S/C36H58ClNO6S2/c1-8-10-12-14-16-18-24-43-31-23-21-30(27-33(31)45(37,39)40)38-46(41,42)34-26-29(36(6,7)28-35(3,4)5)20-22-32(34)44-25-19-17-15-13-11-9-2/h20-23,26-27,38H,8-19,24-25,28H2,1-7H3. The minimum absolute atomic E-state index is 0.0108. The maximum absolute atomic E-state index is 14.0. The molecule has 0 amide bonds. The molecule has 1 N–H and O–H groups in total. The van der Waals surface area contributed by atoms with Crippen molar-refractivity contribution < 1.29 is 26.3 Å². The molecule has 0 radical (unpaired) electrons. The van der Waals surface area contributed by atoms with E-state index in [1.54, 1.807) is 12.1 Å². The van der Waals surface area contributed by atoms with Gasteiger partial charge in [-0.05, 0) is 66.0 Å². The Labute approximate surface area is 284 Å². The van der Waals surface area contributed by atoms with Crippen LogP contribution in [0.5, 0.6) is 11.5 Å². The lowest BCUT2D eigenvalue weighted by molar-refractivity contribution is 0.281. The lowest BCUT2D eigenvalue weighted by atomic mass is 9.72. The van der Waals surface area contributed by atoms with Crippen molar-refractivity contribution in [2.75, 3.05) is 17.9 Å². The molecule has 0 aliphatic rings. The van der Waals surface area contributed by atoms with Gasteiger partial charge in [0.15, 0.2) is 0 Å². The molecule has 0 atom stereocenters. The van der Waals surface area contributed by atoms with Crippen LogP contribution in [0.1, 0.15) is 138 Å². The highest BCUT2D eigenvalue weighted by Crippen LogP contribution is 2.39. The number of rotatable bonds is 22. The number of anilines is 1. The molecule has 0 aliphatic heterocycles. The zero-order valence-electron chi connectivity index (χ0n) is 29.2. The van der Waals surface area contributed by atoms with Crippen molar-refractivity contribution in [2.24, 2.45) is 5.41 Å². The van der Waals surface area contributed by atoms with Gasteiger partial charge in [0, 0.05) is 10.7 Å². The minimum atomic E-state index is -4.22. The van der Waals surface area contributed by atoms with Crippen LogP contribution < -0.4 is 14.2 Å². The van der Waals surface area contributed by atoms with Crippen molar-refractivity contribution >= 4 is 35.4 Å². The second kappa shape index (κ2) is 18.5. The zero-order chi connectivity index (χ0) is 34.4. The van der Waals surface area contributed by atoms with E-state index in [1.807, 2.05) is 6.07 Å². The summed E-state index contributed by atoms with van der Waals surface area (Å²) < 4.78 is 67.3. The molecule has 0 spiro atoms. The summed E-state index contributed by atoms with van der Waals surface area (Å²) in [7, 11) is -2.63. The van der Waals surface area contributed by atoms with Gasteiger partial charge in [-0.15, -0.1) is 0 Å². The Morgan fingerprint density at radius 2 is 1.13 bits per heavy atom. The molecule has 2 aromatic carbocycles. The molecular formula is C36H58ClNO6S2. The van der Waals surface area contributed by atoms with E-state index in [1.165, 1.54) is 43.9 Å². The quantitative estimate of drug-likeness (QED) is 0.0970. The summed E-state index contributed by atoms with van der Waals surface area (Å²) in [5.74, 6) is 0.362. The van der Waals surface area contributed by atoms with Gasteiger partial charge in [-0.25, -0.2) is 16.8 Å². The Morgan fingerprint density at radius 1 is 0.652 bits per heavy atom. The molecule has 46 heavy (non-hydrogen) atoms. The molecule has 0 saturated heterocycles. The summed E-state index contributed by atoms with van der Waals surface area (Å²) in [6.07, 6.45) is 13.7. The Morgan fingerprint density at radius 3 is 1.63 bits per heavy atom. The Balaban J connectivity index is 2.35. The van der Waals surface area contributed by atoms with Gasteiger partial charge in [-0.3, -0.25) is 4.72 Å². The van der Waals surface area contributed by atoms with Crippen molar-refractivity contribution in [3.63, 3.8) is 0 Å². The predicted molar refractivity (Wildman–Crippen MR) is 192 cm³/mol. The van der Waals surface area contributed by atoms with E-state index in [0.29, 0.717) is 13.2 Å². The third-order valence-corrected chi connectivity index (χ3v) is 10.7. The number of benzene rings is 2. The van der Waals surface area contributed by atoms with Gasteiger partial charge in [0.2, 0.25) is 0 Å². The monoisotopic (exact) mass is 699 g/mol. The lowest BCUT2D eigenvalue weighted by Gasteiger charge is -2.33. The highest BCUT2D eigenvalue weighted by atomic mass is 35.7. The van der Waals surface area contributed by atoms with Crippen LogP contribution in [0.3, 0.4) is 0 Å². The maximum Gasteiger partial charge on any atom is 0.265 e. The molecule has 0 aliphatic carbocycles. The third-order valence-electron chi connectivity index (χ3n) is 7.96. The molecule has 2 aromatic rings.